The molecule has 76 valence electrons. The van der Waals surface area contributed by atoms with Gasteiger partial charge in [-0.3, -0.25) is 0 Å². The van der Waals surface area contributed by atoms with Crippen molar-refractivity contribution in [2.75, 3.05) is 0 Å². The molecule has 0 amide bonds. The Kier molecular flexibility index (Phi) is 6.61. The van der Waals surface area contributed by atoms with Gasteiger partial charge in [-0.1, -0.05) is 24.6 Å². The van der Waals surface area contributed by atoms with Crippen LogP contribution in [-0.4, -0.2) is 11.2 Å². The Hall–Kier alpha value is -0.560. The molecule has 0 aliphatic rings. The third-order valence-corrected chi connectivity index (χ3v) is 2.22. The van der Waals surface area contributed by atoms with Gasteiger partial charge in [0, 0.05) is 0 Å². The summed E-state index contributed by atoms with van der Waals surface area (Å²) in [5.41, 5.74) is 2.52. The average molecular weight is 182 g/mol. The minimum atomic E-state index is -0.296. The van der Waals surface area contributed by atoms with Crippen molar-refractivity contribution in [1.29, 1.82) is 0 Å². The molecule has 0 heterocycles. The molecule has 1 N–H and O–H groups in total. The second-order valence-corrected chi connectivity index (χ2v) is 3.62. The highest BCUT2D eigenvalue weighted by Gasteiger charge is 1.96. The van der Waals surface area contributed by atoms with Crippen LogP contribution in [0, 0.1) is 0 Å². The van der Waals surface area contributed by atoms with E-state index in [4.69, 9.17) is 0 Å². The Balaban J connectivity index is 3.78. The van der Waals surface area contributed by atoms with E-state index in [0.29, 0.717) is 0 Å². The predicted octanol–water partition coefficient (Wildman–Crippen LogP) is 3.45. The van der Waals surface area contributed by atoms with Crippen molar-refractivity contribution in [2.45, 2.75) is 53.1 Å². The van der Waals surface area contributed by atoms with Crippen molar-refractivity contribution in [3.05, 3.63) is 23.3 Å². The summed E-state index contributed by atoms with van der Waals surface area (Å²) in [6.45, 7) is 8.10. The molecule has 0 fully saturated rings. The van der Waals surface area contributed by atoms with Crippen molar-refractivity contribution in [3.63, 3.8) is 0 Å². The highest BCUT2D eigenvalue weighted by molar-refractivity contribution is 5.05. The molecule has 0 aromatic carbocycles. The van der Waals surface area contributed by atoms with Gasteiger partial charge in [0.25, 0.3) is 0 Å². The van der Waals surface area contributed by atoms with Gasteiger partial charge in [0.2, 0.25) is 0 Å². The summed E-state index contributed by atoms with van der Waals surface area (Å²) in [6, 6.07) is 0. The molecule has 1 heteroatoms. The van der Waals surface area contributed by atoms with E-state index in [2.05, 4.69) is 26.0 Å². The minimum Gasteiger partial charge on any atom is -0.389 e. The molecular formula is C12H22O. The minimum absolute atomic E-state index is 0.296. The smallest absolute Gasteiger partial charge is 0.0719 e. The molecule has 1 unspecified atom stereocenters. The van der Waals surface area contributed by atoms with E-state index < -0.39 is 0 Å². The summed E-state index contributed by atoms with van der Waals surface area (Å²) in [5.74, 6) is 0. The number of aliphatic hydroxyl groups is 1. The molecule has 0 bridgehead atoms. The summed E-state index contributed by atoms with van der Waals surface area (Å²) in [6.07, 6.45) is 7.35. The SMILES string of the molecule is CC/C=C(\C)CC/C=C(\C)C(C)O. The van der Waals surface area contributed by atoms with Crippen LogP contribution in [-0.2, 0) is 0 Å². The quantitative estimate of drug-likeness (QED) is 0.646. The van der Waals surface area contributed by atoms with E-state index in [9.17, 15) is 5.11 Å². The summed E-state index contributed by atoms with van der Waals surface area (Å²) in [4.78, 5) is 0. The topological polar surface area (TPSA) is 20.2 Å². The van der Waals surface area contributed by atoms with Crippen molar-refractivity contribution < 1.29 is 5.11 Å². The summed E-state index contributed by atoms with van der Waals surface area (Å²) in [5, 5.41) is 9.21. The second-order valence-electron chi connectivity index (χ2n) is 3.62. The Morgan fingerprint density at radius 2 is 1.92 bits per heavy atom. The van der Waals surface area contributed by atoms with Gasteiger partial charge in [0.05, 0.1) is 6.10 Å². The zero-order valence-electron chi connectivity index (χ0n) is 9.30. The number of rotatable bonds is 5. The van der Waals surface area contributed by atoms with Gasteiger partial charge in [-0.05, 0) is 45.6 Å². The van der Waals surface area contributed by atoms with Crippen molar-refractivity contribution in [2.24, 2.45) is 0 Å². The lowest BCUT2D eigenvalue weighted by Gasteiger charge is -2.04. The van der Waals surface area contributed by atoms with E-state index >= 15 is 0 Å². The Labute approximate surface area is 82.2 Å². The van der Waals surface area contributed by atoms with Gasteiger partial charge in [0.15, 0.2) is 0 Å². The molecule has 0 aromatic heterocycles. The lowest BCUT2D eigenvalue weighted by Crippen LogP contribution is -2.00. The van der Waals surface area contributed by atoms with Gasteiger partial charge in [-0.25, -0.2) is 0 Å². The summed E-state index contributed by atoms with van der Waals surface area (Å²) >= 11 is 0. The van der Waals surface area contributed by atoms with Crippen LogP contribution in [0.25, 0.3) is 0 Å². The van der Waals surface area contributed by atoms with E-state index in [1.54, 1.807) is 6.92 Å². The first-order valence-electron chi connectivity index (χ1n) is 5.08. The van der Waals surface area contributed by atoms with Crippen LogP contribution in [0.15, 0.2) is 23.3 Å². The fourth-order valence-corrected chi connectivity index (χ4v) is 1.15. The van der Waals surface area contributed by atoms with Crippen LogP contribution < -0.4 is 0 Å². The third-order valence-electron chi connectivity index (χ3n) is 2.22. The molecule has 0 saturated carbocycles. The van der Waals surface area contributed by atoms with Crippen molar-refractivity contribution in [1.82, 2.24) is 0 Å². The maximum atomic E-state index is 9.21. The molecule has 1 atom stereocenters. The first-order valence-corrected chi connectivity index (χ1v) is 5.08. The Morgan fingerprint density at radius 1 is 1.31 bits per heavy atom. The molecule has 0 aliphatic carbocycles. The first-order chi connectivity index (χ1) is 6.07. The van der Waals surface area contributed by atoms with Crippen LogP contribution in [0.3, 0.4) is 0 Å². The fraction of sp³-hybridized carbons (Fsp3) is 0.667. The number of hydrogen-bond donors (Lipinski definition) is 1. The van der Waals surface area contributed by atoms with Gasteiger partial charge in [-0.2, -0.15) is 0 Å². The first kappa shape index (κ1) is 12.4. The normalized spacial score (nSPS) is 16.1. The highest BCUT2D eigenvalue weighted by Crippen LogP contribution is 2.09. The molecule has 0 aliphatic heterocycles. The molecule has 1 nitrogen and oxygen atoms in total. The van der Waals surface area contributed by atoms with Crippen LogP contribution in [0.4, 0.5) is 0 Å². The average Bonchev–Trinajstić information content (AvgIpc) is 2.04. The highest BCUT2D eigenvalue weighted by atomic mass is 16.3. The maximum Gasteiger partial charge on any atom is 0.0719 e. The van der Waals surface area contributed by atoms with E-state index in [1.165, 1.54) is 5.57 Å². The van der Waals surface area contributed by atoms with Gasteiger partial charge in [0.1, 0.15) is 0 Å². The van der Waals surface area contributed by atoms with Gasteiger partial charge in [-0.15, -0.1) is 0 Å². The summed E-state index contributed by atoms with van der Waals surface area (Å²) in [7, 11) is 0. The molecular weight excluding hydrogens is 160 g/mol. The lowest BCUT2D eigenvalue weighted by atomic mass is 10.1. The third kappa shape index (κ3) is 6.59. The Morgan fingerprint density at radius 3 is 2.38 bits per heavy atom. The standard InChI is InChI=1S/C12H22O/c1-5-7-10(2)8-6-9-11(3)12(4)13/h7,9,12-13H,5-6,8H2,1-4H3/b10-7+,11-9+. The van der Waals surface area contributed by atoms with Gasteiger partial charge < -0.3 is 5.11 Å². The van der Waals surface area contributed by atoms with Crippen LogP contribution in [0.1, 0.15) is 47.0 Å². The van der Waals surface area contributed by atoms with E-state index in [0.717, 1.165) is 24.8 Å². The monoisotopic (exact) mass is 182 g/mol. The zero-order valence-corrected chi connectivity index (χ0v) is 9.30. The van der Waals surface area contributed by atoms with Crippen LogP contribution in [0.5, 0.6) is 0 Å². The van der Waals surface area contributed by atoms with Crippen molar-refractivity contribution in [3.8, 4) is 0 Å². The molecule has 0 saturated heterocycles. The zero-order chi connectivity index (χ0) is 10.3. The van der Waals surface area contributed by atoms with Crippen LogP contribution in [0.2, 0.25) is 0 Å². The Bertz CT molecular complexity index is 187. The van der Waals surface area contributed by atoms with Gasteiger partial charge >= 0.3 is 0 Å². The maximum absolute atomic E-state index is 9.21. The molecule has 0 spiro atoms. The number of hydrogen-bond acceptors (Lipinski definition) is 1. The number of allylic oxidation sites excluding steroid dienone is 3. The molecule has 13 heavy (non-hydrogen) atoms. The lowest BCUT2D eigenvalue weighted by molar-refractivity contribution is 0.231. The van der Waals surface area contributed by atoms with Crippen LogP contribution >= 0.6 is 0 Å². The van der Waals surface area contributed by atoms with Crippen molar-refractivity contribution >= 4 is 0 Å². The van der Waals surface area contributed by atoms with E-state index in [-0.39, 0.29) is 6.10 Å². The largest absolute Gasteiger partial charge is 0.389 e. The fourth-order valence-electron chi connectivity index (χ4n) is 1.15. The second kappa shape index (κ2) is 6.90. The molecule has 0 rings (SSSR count). The molecule has 0 aromatic rings. The summed E-state index contributed by atoms with van der Waals surface area (Å²) < 4.78 is 0. The predicted molar refractivity (Wildman–Crippen MR) is 58.7 cm³/mol. The molecule has 0 radical (unpaired) electrons. The number of aliphatic hydroxyl groups excluding tert-OH is 1. The van der Waals surface area contributed by atoms with E-state index in [1.807, 2.05) is 6.92 Å².